The standard InChI is InChI=1S/C7H15NO2S/c1-2-6(9)3-4-8-7(10)5-11/h6,9,11H,2-5H2,1H3,(H,8,10). The van der Waals surface area contributed by atoms with Crippen LogP contribution < -0.4 is 5.32 Å². The van der Waals surface area contributed by atoms with Crippen molar-refractivity contribution in [2.75, 3.05) is 12.3 Å². The molecule has 0 aliphatic rings. The third kappa shape index (κ3) is 6.19. The summed E-state index contributed by atoms with van der Waals surface area (Å²) in [6, 6.07) is 0. The zero-order valence-corrected chi connectivity index (χ0v) is 7.60. The maximum absolute atomic E-state index is 10.6. The Bertz CT molecular complexity index is 119. The van der Waals surface area contributed by atoms with Gasteiger partial charge in [0, 0.05) is 6.54 Å². The van der Waals surface area contributed by atoms with Crippen LogP contribution in [-0.2, 0) is 4.79 Å². The molecule has 0 bridgehead atoms. The predicted octanol–water partition coefficient (Wildman–Crippen LogP) is 0.193. The molecular formula is C7H15NO2S. The first-order valence-electron chi connectivity index (χ1n) is 3.76. The summed E-state index contributed by atoms with van der Waals surface area (Å²) in [5.41, 5.74) is 0. The highest BCUT2D eigenvalue weighted by atomic mass is 32.1. The number of hydrogen-bond donors (Lipinski definition) is 3. The molecule has 0 saturated heterocycles. The summed E-state index contributed by atoms with van der Waals surface area (Å²) in [7, 11) is 0. The van der Waals surface area contributed by atoms with E-state index >= 15 is 0 Å². The second-order valence-corrected chi connectivity index (χ2v) is 2.68. The van der Waals surface area contributed by atoms with Crippen molar-refractivity contribution in [3.63, 3.8) is 0 Å². The highest BCUT2D eigenvalue weighted by Crippen LogP contribution is 1.93. The molecule has 0 saturated carbocycles. The molecular weight excluding hydrogens is 162 g/mol. The van der Waals surface area contributed by atoms with Gasteiger partial charge < -0.3 is 10.4 Å². The van der Waals surface area contributed by atoms with Gasteiger partial charge in [-0.15, -0.1) is 0 Å². The molecule has 2 N–H and O–H groups in total. The van der Waals surface area contributed by atoms with E-state index in [1.54, 1.807) is 0 Å². The first-order chi connectivity index (χ1) is 5.20. The summed E-state index contributed by atoms with van der Waals surface area (Å²) >= 11 is 3.79. The van der Waals surface area contributed by atoms with Crippen molar-refractivity contribution in [3.8, 4) is 0 Å². The van der Waals surface area contributed by atoms with Gasteiger partial charge in [-0.2, -0.15) is 12.6 Å². The van der Waals surface area contributed by atoms with Crippen molar-refractivity contribution in [1.82, 2.24) is 5.32 Å². The molecule has 1 atom stereocenters. The predicted molar refractivity (Wildman–Crippen MR) is 47.8 cm³/mol. The largest absolute Gasteiger partial charge is 0.393 e. The molecule has 3 nitrogen and oxygen atoms in total. The number of carbonyl (C=O) groups is 1. The molecule has 0 aromatic rings. The molecule has 0 spiro atoms. The van der Waals surface area contributed by atoms with Gasteiger partial charge in [-0.1, -0.05) is 6.92 Å². The molecule has 11 heavy (non-hydrogen) atoms. The summed E-state index contributed by atoms with van der Waals surface area (Å²) in [6.45, 7) is 2.44. The number of thiol groups is 1. The Balaban J connectivity index is 3.20. The van der Waals surface area contributed by atoms with Crippen LogP contribution in [0.5, 0.6) is 0 Å². The van der Waals surface area contributed by atoms with Crippen molar-refractivity contribution < 1.29 is 9.90 Å². The third-order valence-corrected chi connectivity index (χ3v) is 1.70. The molecule has 0 heterocycles. The van der Waals surface area contributed by atoms with Crippen LogP contribution in [0.25, 0.3) is 0 Å². The van der Waals surface area contributed by atoms with Crippen molar-refractivity contribution >= 4 is 18.5 Å². The molecule has 0 aliphatic heterocycles. The SMILES string of the molecule is CCC(O)CCNC(=O)CS. The van der Waals surface area contributed by atoms with Gasteiger partial charge in [0.2, 0.25) is 5.91 Å². The van der Waals surface area contributed by atoms with E-state index in [0.717, 1.165) is 6.42 Å². The van der Waals surface area contributed by atoms with E-state index in [4.69, 9.17) is 5.11 Å². The maximum atomic E-state index is 10.6. The van der Waals surface area contributed by atoms with Crippen LogP contribution in [0.1, 0.15) is 19.8 Å². The van der Waals surface area contributed by atoms with Gasteiger partial charge in [0.25, 0.3) is 0 Å². The van der Waals surface area contributed by atoms with E-state index in [2.05, 4.69) is 17.9 Å². The number of hydrogen-bond acceptors (Lipinski definition) is 3. The van der Waals surface area contributed by atoms with Crippen molar-refractivity contribution in [3.05, 3.63) is 0 Å². The lowest BCUT2D eigenvalue weighted by atomic mass is 10.2. The minimum Gasteiger partial charge on any atom is -0.393 e. The van der Waals surface area contributed by atoms with Crippen molar-refractivity contribution in [1.29, 1.82) is 0 Å². The molecule has 4 heteroatoms. The summed E-state index contributed by atoms with van der Waals surface area (Å²) in [5, 5.41) is 11.7. The normalized spacial score (nSPS) is 12.6. The Kier molecular flexibility index (Phi) is 6.36. The minimum absolute atomic E-state index is 0.0864. The molecule has 0 aromatic heterocycles. The van der Waals surface area contributed by atoms with Crippen LogP contribution in [0.2, 0.25) is 0 Å². The van der Waals surface area contributed by atoms with Crippen LogP contribution in [0.15, 0.2) is 0 Å². The van der Waals surface area contributed by atoms with E-state index in [9.17, 15) is 4.79 Å². The van der Waals surface area contributed by atoms with E-state index in [-0.39, 0.29) is 17.8 Å². The van der Waals surface area contributed by atoms with Crippen LogP contribution in [0.3, 0.4) is 0 Å². The first kappa shape index (κ1) is 10.8. The molecule has 0 radical (unpaired) electrons. The average molecular weight is 177 g/mol. The Morgan fingerprint density at radius 3 is 2.82 bits per heavy atom. The fourth-order valence-corrected chi connectivity index (χ4v) is 0.750. The van der Waals surface area contributed by atoms with Crippen LogP contribution in [-0.4, -0.2) is 29.4 Å². The van der Waals surface area contributed by atoms with E-state index in [1.165, 1.54) is 0 Å². The Morgan fingerprint density at radius 2 is 2.36 bits per heavy atom. The van der Waals surface area contributed by atoms with Crippen molar-refractivity contribution in [2.45, 2.75) is 25.9 Å². The highest BCUT2D eigenvalue weighted by Gasteiger charge is 2.01. The van der Waals surface area contributed by atoms with Crippen molar-refractivity contribution in [2.24, 2.45) is 0 Å². The molecule has 66 valence electrons. The fraction of sp³-hybridized carbons (Fsp3) is 0.857. The smallest absolute Gasteiger partial charge is 0.229 e. The van der Waals surface area contributed by atoms with Crippen LogP contribution in [0, 0.1) is 0 Å². The lowest BCUT2D eigenvalue weighted by molar-refractivity contribution is -0.118. The molecule has 0 aliphatic carbocycles. The Labute approximate surface area is 72.6 Å². The molecule has 0 rings (SSSR count). The number of nitrogens with one attached hydrogen (secondary N) is 1. The van der Waals surface area contributed by atoms with Crippen LogP contribution in [0.4, 0.5) is 0 Å². The van der Waals surface area contributed by atoms with Gasteiger partial charge in [0.1, 0.15) is 0 Å². The average Bonchev–Trinajstić information content (AvgIpc) is 2.04. The zero-order valence-electron chi connectivity index (χ0n) is 6.71. The first-order valence-corrected chi connectivity index (χ1v) is 4.39. The second kappa shape index (κ2) is 6.49. The quantitative estimate of drug-likeness (QED) is 0.525. The molecule has 1 amide bonds. The van der Waals surface area contributed by atoms with Gasteiger partial charge in [0.05, 0.1) is 11.9 Å². The van der Waals surface area contributed by atoms with Gasteiger partial charge in [-0.05, 0) is 12.8 Å². The van der Waals surface area contributed by atoms with Gasteiger partial charge in [0.15, 0.2) is 0 Å². The van der Waals surface area contributed by atoms with Gasteiger partial charge >= 0.3 is 0 Å². The van der Waals surface area contributed by atoms with E-state index in [1.807, 2.05) is 6.92 Å². The maximum Gasteiger partial charge on any atom is 0.229 e. The minimum atomic E-state index is -0.296. The number of rotatable bonds is 5. The summed E-state index contributed by atoms with van der Waals surface area (Å²) < 4.78 is 0. The summed E-state index contributed by atoms with van der Waals surface area (Å²) in [4.78, 5) is 10.6. The third-order valence-electron chi connectivity index (χ3n) is 1.41. The molecule has 0 fully saturated rings. The number of aliphatic hydroxyl groups excluding tert-OH is 1. The Morgan fingerprint density at radius 1 is 1.73 bits per heavy atom. The Hall–Kier alpha value is -0.220. The van der Waals surface area contributed by atoms with E-state index in [0.29, 0.717) is 13.0 Å². The van der Waals surface area contributed by atoms with E-state index < -0.39 is 0 Å². The number of amides is 1. The topological polar surface area (TPSA) is 49.3 Å². The van der Waals surface area contributed by atoms with Crippen LogP contribution >= 0.6 is 12.6 Å². The second-order valence-electron chi connectivity index (χ2n) is 2.36. The fourth-order valence-electron chi connectivity index (χ4n) is 0.638. The summed E-state index contributed by atoms with van der Waals surface area (Å²) in [5.74, 6) is 0.124. The monoisotopic (exact) mass is 177 g/mol. The molecule has 0 aromatic carbocycles. The number of aliphatic hydroxyl groups is 1. The lowest BCUT2D eigenvalue weighted by Gasteiger charge is -2.07. The van der Waals surface area contributed by atoms with Gasteiger partial charge in [-0.3, -0.25) is 4.79 Å². The summed E-state index contributed by atoms with van der Waals surface area (Å²) in [6.07, 6.45) is 1.06. The zero-order chi connectivity index (χ0) is 8.69. The lowest BCUT2D eigenvalue weighted by Crippen LogP contribution is -2.27. The molecule has 1 unspecified atom stereocenters. The van der Waals surface area contributed by atoms with Gasteiger partial charge in [-0.25, -0.2) is 0 Å². The highest BCUT2D eigenvalue weighted by molar-refractivity contribution is 7.81. The number of carbonyl (C=O) groups excluding carboxylic acids is 1.